The van der Waals surface area contributed by atoms with Crippen molar-refractivity contribution in [1.29, 1.82) is 0 Å². The van der Waals surface area contributed by atoms with E-state index in [1.54, 1.807) is 13.3 Å². The SMILES string of the molecule is COC(=O)c1c(NC(C)=O)c2cc(N[C@@H](C)Cc3ccccc3OC)cnc2n1CCC(C)C. The summed E-state index contributed by atoms with van der Waals surface area (Å²) in [7, 11) is 3.01. The van der Waals surface area contributed by atoms with E-state index < -0.39 is 5.97 Å². The van der Waals surface area contributed by atoms with Crippen LogP contribution in [0.5, 0.6) is 5.75 Å². The van der Waals surface area contributed by atoms with Crippen molar-refractivity contribution in [3.05, 3.63) is 47.8 Å². The number of pyridine rings is 1. The van der Waals surface area contributed by atoms with E-state index in [4.69, 9.17) is 9.47 Å². The number of aromatic nitrogens is 2. The largest absolute Gasteiger partial charge is 0.496 e. The first kappa shape index (κ1) is 25.1. The van der Waals surface area contributed by atoms with Crippen LogP contribution in [0.4, 0.5) is 11.4 Å². The lowest BCUT2D eigenvalue weighted by Gasteiger charge is -2.17. The molecule has 2 N–H and O–H groups in total. The van der Waals surface area contributed by atoms with Gasteiger partial charge in [0.1, 0.15) is 11.4 Å². The van der Waals surface area contributed by atoms with Crippen LogP contribution in [0, 0.1) is 5.92 Å². The molecule has 0 bridgehead atoms. The van der Waals surface area contributed by atoms with Gasteiger partial charge in [-0.1, -0.05) is 32.0 Å². The van der Waals surface area contributed by atoms with Crippen LogP contribution in [0.2, 0.25) is 0 Å². The summed E-state index contributed by atoms with van der Waals surface area (Å²) in [6, 6.07) is 9.94. The molecule has 0 aliphatic carbocycles. The number of aryl methyl sites for hydroxylation is 1. The highest BCUT2D eigenvalue weighted by Gasteiger charge is 2.25. The number of ether oxygens (including phenoxy) is 2. The average Bonchev–Trinajstić information content (AvgIpc) is 3.09. The molecule has 1 atom stereocenters. The Kier molecular flexibility index (Phi) is 8.15. The van der Waals surface area contributed by atoms with Crippen LogP contribution in [-0.4, -0.2) is 41.7 Å². The molecule has 2 aromatic heterocycles. The number of anilines is 2. The lowest BCUT2D eigenvalue weighted by molar-refractivity contribution is -0.114. The molecule has 182 valence electrons. The second kappa shape index (κ2) is 11.0. The summed E-state index contributed by atoms with van der Waals surface area (Å²) in [5, 5.41) is 7.00. The fourth-order valence-electron chi connectivity index (χ4n) is 4.06. The van der Waals surface area contributed by atoms with E-state index in [9.17, 15) is 9.59 Å². The molecule has 0 aliphatic rings. The summed E-state index contributed by atoms with van der Waals surface area (Å²) >= 11 is 0. The van der Waals surface area contributed by atoms with Crippen molar-refractivity contribution in [2.24, 2.45) is 5.92 Å². The second-order valence-electron chi connectivity index (χ2n) is 8.89. The van der Waals surface area contributed by atoms with Gasteiger partial charge < -0.3 is 24.7 Å². The second-order valence-corrected chi connectivity index (χ2v) is 8.89. The van der Waals surface area contributed by atoms with Gasteiger partial charge in [0.05, 0.1) is 31.8 Å². The van der Waals surface area contributed by atoms with Crippen molar-refractivity contribution in [2.75, 3.05) is 24.9 Å². The zero-order valence-electron chi connectivity index (χ0n) is 20.8. The van der Waals surface area contributed by atoms with E-state index >= 15 is 0 Å². The Balaban J connectivity index is 2.00. The molecule has 0 aliphatic heterocycles. The Morgan fingerprint density at radius 2 is 1.88 bits per heavy atom. The number of nitrogens with zero attached hydrogens (tertiary/aromatic N) is 2. The number of rotatable bonds is 10. The topological polar surface area (TPSA) is 94.5 Å². The Morgan fingerprint density at radius 3 is 2.53 bits per heavy atom. The van der Waals surface area contributed by atoms with Crippen LogP contribution in [0.3, 0.4) is 0 Å². The number of nitrogens with one attached hydrogen (secondary N) is 2. The predicted octanol–water partition coefficient (Wildman–Crippen LogP) is 4.88. The zero-order valence-corrected chi connectivity index (χ0v) is 20.8. The first-order valence-electron chi connectivity index (χ1n) is 11.5. The number of para-hydroxylation sites is 1. The van der Waals surface area contributed by atoms with Crippen LogP contribution >= 0.6 is 0 Å². The zero-order chi connectivity index (χ0) is 24.8. The quantitative estimate of drug-likeness (QED) is 0.414. The maximum atomic E-state index is 12.7. The Hall–Kier alpha value is -3.55. The van der Waals surface area contributed by atoms with Gasteiger partial charge in [0.2, 0.25) is 5.91 Å². The molecule has 1 aromatic carbocycles. The Bertz CT molecular complexity index is 1170. The molecule has 3 rings (SSSR count). The number of carbonyl (C=O) groups excluding carboxylic acids is 2. The summed E-state index contributed by atoms with van der Waals surface area (Å²) in [6.07, 6.45) is 3.36. The highest BCUT2D eigenvalue weighted by molar-refractivity contribution is 6.10. The monoisotopic (exact) mass is 466 g/mol. The number of fused-ring (bicyclic) bond motifs is 1. The van der Waals surface area contributed by atoms with E-state index in [0.717, 1.165) is 29.8 Å². The molecule has 0 radical (unpaired) electrons. The first-order valence-corrected chi connectivity index (χ1v) is 11.5. The van der Waals surface area contributed by atoms with Gasteiger partial charge in [0.15, 0.2) is 5.69 Å². The third-order valence-electron chi connectivity index (χ3n) is 5.64. The number of benzene rings is 1. The van der Waals surface area contributed by atoms with Crippen molar-refractivity contribution in [1.82, 2.24) is 9.55 Å². The summed E-state index contributed by atoms with van der Waals surface area (Å²) < 4.78 is 12.4. The van der Waals surface area contributed by atoms with E-state index in [-0.39, 0.29) is 11.9 Å². The maximum absolute atomic E-state index is 12.7. The van der Waals surface area contributed by atoms with Crippen LogP contribution in [-0.2, 0) is 22.5 Å². The summed E-state index contributed by atoms with van der Waals surface area (Å²) in [6.45, 7) is 8.33. The van der Waals surface area contributed by atoms with Gasteiger partial charge >= 0.3 is 5.97 Å². The molecule has 3 aromatic rings. The molecule has 1 amide bonds. The fourth-order valence-corrected chi connectivity index (χ4v) is 4.06. The molecule has 0 saturated carbocycles. The molecule has 34 heavy (non-hydrogen) atoms. The Morgan fingerprint density at radius 1 is 1.15 bits per heavy atom. The number of hydrogen-bond acceptors (Lipinski definition) is 6. The molecule has 0 unspecified atom stereocenters. The minimum atomic E-state index is -0.510. The third-order valence-corrected chi connectivity index (χ3v) is 5.64. The average molecular weight is 467 g/mol. The van der Waals surface area contributed by atoms with E-state index in [1.807, 2.05) is 34.9 Å². The van der Waals surface area contributed by atoms with E-state index in [2.05, 4.69) is 36.4 Å². The van der Waals surface area contributed by atoms with E-state index in [0.29, 0.717) is 34.9 Å². The minimum absolute atomic E-state index is 0.0860. The number of carbonyl (C=O) groups is 2. The van der Waals surface area contributed by atoms with Crippen molar-refractivity contribution in [3.63, 3.8) is 0 Å². The van der Waals surface area contributed by atoms with Gasteiger partial charge in [0.25, 0.3) is 0 Å². The molecular weight excluding hydrogens is 432 g/mol. The van der Waals surface area contributed by atoms with Crippen LogP contribution in [0.1, 0.15) is 50.2 Å². The summed E-state index contributed by atoms with van der Waals surface area (Å²) in [5.41, 5.74) is 3.25. The third kappa shape index (κ3) is 5.68. The first-order chi connectivity index (χ1) is 16.2. The number of esters is 1. The standard InChI is InChI=1S/C26H34N4O4/c1-16(2)11-12-30-24(26(32)34-6)23(29-18(4)31)21-14-20(15-27-25(21)30)28-17(3)13-19-9-7-8-10-22(19)33-5/h7-10,14-17,28H,11-13H2,1-6H3,(H,29,31)/t17-/m0/s1. The van der Waals surface area contributed by atoms with Crippen LogP contribution in [0.15, 0.2) is 36.5 Å². The number of hydrogen-bond donors (Lipinski definition) is 2. The smallest absolute Gasteiger partial charge is 0.356 e. The van der Waals surface area contributed by atoms with Gasteiger partial charge in [-0.15, -0.1) is 0 Å². The van der Waals surface area contributed by atoms with Gasteiger partial charge in [-0.25, -0.2) is 9.78 Å². The molecule has 8 nitrogen and oxygen atoms in total. The highest BCUT2D eigenvalue weighted by atomic mass is 16.5. The van der Waals surface area contributed by atoms with Crippen molar-refractivity contribution in [2.45, 2.75) is 53.1 Å². The van der Waals surface area contributed by atoms with Gasteiger partial charge in [-0.3, -0.25) is 4.79 Å². The number of amides is 1. The van der Waals surface area contributed by atoms with Crippen LogP contribution < -0.4 is 15.4 Å². The minimum Gasteiger partial charge on any atom is -0.496 e. The van der Waals surface area contributed by atoms with Crippen LogP contribution in [0.25, 0.3) is 11.0 Å². The normalized spacial score (nSPS) is 12.0. The van der Waals surface area contributed by atoms with Crippen molar-refractivity contribution < 1.29 is 19.1 Å². The summed E-state index contributed by atoms with van der Waals surface area (Å²) in [4.78, 5) is 29.4. The highest BCUT2D eigenvalue weighted by Crippen LogP contribution is 2.33. The van der Waals surface area contributed by atoms with Gasteiger partial charge in [-0.2, -0.15) is 0 Å². The summed E-state index contributed by atoms with van der Waals surface area (Å²) in [5.74, 6) is 0.507. The molecule has 0 spiro atoms. The van der Waals surface area contributed by atoms with Gasteiger partial charge in [0, 0.05) is 24.9 Å². The van der Waals surface area contributed by atoms with Crippen molar-refractivity contribution in [3.8, 4) is 5.75 Å². The lowest BCUT2D eigenvalue weighted by Crippen LogP contribution is -2.18. The molecular formula is C26H34N4O4. The van der Waals surface area contributed by atoms with Crippen molar-refractivity contribution >= 4 is 34.3 Å². The van der Waals surface area contributed by atoms with E-state index in [1.165, 1.54) is 14.0 Å². The molecule has 2 heterocycles. The maximum Gasteiger partial charge on any atom is 0.356 e. The molecule has 0 saturated heterocycles. The Labute approximate surface area is 200 Å². The molecule has 0 fully saturated rings. The molecule has 8 heteroatoms. The number of methoxy groups -OCH3 is 2. The predicted molar refractivity (Wildman–Crippen MR) is 135 cm³/mol. The van der Waals surface area contributed by atoms with Gasteiger partial charge in [-0.05, 0) is 43.4 Å². The lowest BCUT2D eigenvalue weighted by atomic mass is 10.1. The fraction of sp³-hybridized carbons (Fsp3) is 0.423.